The molecule has 12 heteroatoms. The number of hydrogen-bond acceptors (Lipinski definition) is 7. The van der Waals surface area contributed by atoms with Crippen molar-refractivity contribution in [1.29, 1.82) is 0 Å². The Morgan fingerprint density at radius 2 is 1.81 bits per heavy atom. The molecule has 2 aromatic carbocycles. The van der Waals surface area contributed by atoms with Crippen LogP contribution >= 0.6 is 27.3 Å². The number of aromatic nitrogens is 1. The first kappa shape index (κ1) is 25.1. The van der Waals surface area contributed by atoms with Gasteiger partial charge < -0.3 is 4.90 Å². The Morgan fingerprint density at radius 1 is 1.17 bits per heavy atom. The Morgan fingerprint density at radius 3 is 2.39 bits per heavy atom. The minimum Gasteiger partial charge on any atom is -0.348 e. The lowest BCUT2D eigenvalue weighted by atomic mass is 9.71. The fourth-order valence-corrected chi connectivity index (χ4v) is 6.49. The summed E-state index contributed by atoms with van der Waals surface area (Å²) in [5.74, 6) is 0. The van der Waals surface area contributed by atoms with Crippen molar-refractivity contribution in [2.75, 3.05) is 31.1 Å². The number of alkyl halides is 3. The molecule has 190 valence electrons. The molecule has 1 unspecified atom stereocenters. The predicted molar refractivity (Wildman–Crippen MR) is 136 cm³/mol. The Bertz CT molecular complexity index is 1380. The zero-order valence-electron chi connectivity index (χ0n) is 19.2. The zero-order valence-corrected chi connectivity index (χ0v) is 21.6. The van der Waals surface area contributed by atoms with E-state index in [9.17, 15) is 28.1 Å². The van der Waals surface area contributed by atoms with Gasteiger partial charge in [-0.15, -0.1) is 0 Å². The highest BCUT2D eigenvalue weighted by Crippen LogP contribution is 2.45. The van der Waals surface area contributed by atoms with E-state index in [1.165, 1.54) is 5.56 Å². The first-order valence-corrected chi connectivity index (χ1v) is 13.0. The van der Waals surface area contributed by atoms with Crippen LogP contribution in [-0.4, -0.2) is 41.0 Å². The molecule has 36 heavy (non-hydrogen) atoms. The molecule has 2 aliphatic heterocycles. The number of piperidine rings is 1. The molecular weight excluding hydrogens is 561 g/mol. The second-order valence-corrected chi connectivity index (χ2v) is 11.4. The van der Waals surface area contributed by atoms with E-state index in [0.29, 0.717) is 36.4 Å². The molecule has 5 rings (SSSR count). The van der Waals surface area contributed by atoms with E-state index in [4.69, 9.17) is 0 Å². The quantitative estimate of drug-likeness (QED) is 0.277. The number of nitrogens with zero attached hydrogens (tertiary/aromatic N) is 4. The molecule has 0 saturated carbocycles. The van der Waals surface area contributed by atoms with E-state index < -0.39 is 27.9 Å². The fourth-order valence-electron chi connectivity index (χ4n) is 5.11. The van der Waals surface area contributed by atoms with Gasteiger partial charge in [0.2, 0.25) is 0 Å². The average Bonchev–Trinajstić information content (AvgIpc) is 2.81. The van der Waals surface area contributed by atoms with Crippen LogP contribution < -0.4 is 10.5 Å². The first-order chi connectivity index (χ1) is 17.0. The molecule has 0 bridgehead atoms. The molecule has 2 fully saturated rings. The van der Waals surface area contributed by atoms with Crippen molar-refractivity contribution in [3.63, 3.8) is 0 Å². The van der Waals surface area contributed by atoms with Gasteiger partial charge in [0.15, 0.2) is 5.13 Å². The van der Waals surface area contributed by atoms with Crippen LogP contribution in [0.1, 0.15) is 36.9 Å². The van der Waals surface area contributed by atoms with E-state index in [1.54, 1.807) is 0 Å². The number of anilines is 1. The van der Waals surface area contributed by atoms with E-state index >= 15 is 0 Å². The minimum atomic E-state index is -4.80. The number of likely N-dealkylation sites (tertiary alicyclic amines) is 1. The summed E-state index contributed by atoms with van der Waals surface area (Å²) in [4.78, 5) is 31.7. The van der Waals surface area contributed by atoms with Crippen molar-refractivity contribution in [3.05, 3.63) is 72.5 Å². The largest absolute Gasteiger partial charge is 0.416 e. The van der Waals surface area contributed by atoms with Gasteiger partial charge in [-0.1, -0.05) is 39.4 Å². The predicted octanol–water partition coefficient (Wildman–Crippen LogP) is 6.01. The van der Waals surface area contributed by atoms with Crippen molar-refractivity contribution >= 4 is 48.2 Å². The molecular formula is C24H22BrF3N4O3S. The number of nitro benzene ring substituents is 1. The van der Waals surface area contributed by atoms with Gasteiger partial charge in [0.25, 0.3) is 11.2 Å². The maximum Gasteiger partial charge on any atom is 0.416 e. The Labute approximate surface area is 216 Å². The zero-order chi connectivity index (χ0) is 25.8. The molecule has 1 atom stereocenters. The molecule has 2 aliphatic rings. The van der Waals surface area contributed by atoms with Crippen molar-refractivity contribution < 1.29 is 18.1 Å². The molecule has 0 aliphatic carbocycles. The van der Waals surface area contributed by atoms with Crippen LogP contribution in [0.2, 0.25) is 0 Å². The highest BCUT2D eigenvalue weighted by atomic mass is 79.9. The number of nitro groups is 1. The summed E-state index contributed by atoms with van der Waals surface area (Å²) in [6.07, 6.45) is -3.04. The summed E-state index contributed by atoms with van der Waals surface area (Å²) >= 11 is 4.37. The minimum absolute atomic E-state index is 0.0820. The number of rotatable bonds is 4. The Kier molecular flexibility index (Phi) is 6.32. The van der Waals surface area contributed by atoms with Gasteiger partial charge in [-0.2, -0.15) is 18.2 Å². The maximum absolute atomic E-state index is 13.2. The van der Waals surface area contributed by atoms with Crippen LogP contribution in [-0.2, 0) is 6.18 Å². The van der Waals surface area contributed by atoms with E-state index in [-0.39, 0.29) is 15.5 Å². The molecule has 1 aromatic heterocycles. The molecule has 0 N–H and O–H groups in total. The third kappa shape index (κ3) is 4.61. The lowest BCUT2D eigenvalue weighted by Gasteiger charge is -2.56. The van der Waals surface area contributed by atoms with Gasteiger partial charge in [-0.25, -0.2) is 0 Å². The van der Waals surface area contributed by atoms with Gasteiger partial charge in [-0.05, 0) is 48.9 Å². The molecule has 7 nitrogen and oxygen atoms in total. The molecule has 3 aromatic rings. The number of fused-ring (bicyclic) bond motifs is 1. The third-order valence-corrected chi connectivity index (χ3v) is 8.98. The molecule has 0 radical (unpaired) electrons. The number of halogens is 4. The first-order valence-electron chi connectivity index (χ1n) is 11.4. The second kappa shape index (κ2) is 9.07. The SMILES string of the molecule is CC(c1ccc(Br)cc1)N1CC2(CCN(c3nc(=O)c4cc(C(F)(F)F)cc([N+](=O)[O-])c4s3)CC2)C1. The van der Waals surface area contributed by atoms with Gasteiger partial charge in [0.1, 0.15) is 4.70 Å². The smallest absolute Gasteiger partial charge is 0.348 e. The maximum atomic E-state index is 13.2. The van der Waals surface area contributed by atoms with Crippen LogP contribution in [0.5, 0.6) is 0 Å². The topological polar surface area (TPSA) is 79.6 Å². The van der Waals surface area contributed by atoms with Gasteiger partial charge in [0.05, 0.1) is 15.9 Å². The van der Waals surface area contributed by atoms with E-state index in [0.717, 1.165) is 41.7 Å². The monoisotopic (exact) mass is 582 g/mol. The van der Waals surface area contributed by atoms with E-state index in [1.807, 2.05) is 17.0 Å². The van der Waals surface area contributed by atoms with Crippen LogP contribution in [0.4, 0.5) is 24.0 Å². The standard InChI is InChI=1S/C24H22BrF3N4O3S/c1-14(15-2-4-17(25)5-3-15)31-12-23(13-31)6-8-30(9-7-23)22-29-21(33)18-10-16(24(26,27)28)11-19(32(34)35)20(18)36-22/h2-5,10-11,14H,6-9,12-13H2,1H3. The Balaban J connectivity index is 1.32. The summed E-state index contributed by atoms with van der Waals surface area (Å²) in [5, 5.41) is 11.5. The summed E-state index contributed by atoms with van der Waals surface area (Å²) in [5.41, 5.74) is -1.41. The van der Waals surface area contributed by atoms with Crippen LogP contribution in [0.25, 0.3) is 10.1 Å². The average molecular weight is 583 g/mol. The molecule has 0 amide bonds. The number of hydrogen-bond donors (Lipinski definition) is 0. The second-order valence-electron chi connectivity index (χ2n) is 9.55. The van der Waals surface area contributed by atoms with Crippen molar-refractivity contribution in [1.82, 2.24) is 9.88 Å². The number of non-ortho nitro benzene ring substituents is 1. The fraction of sp³-hybridized carbons (Fsp3) is 0.417. The molecule has 3 heterocycles. The highest BCUT2D eigenvalue weighted by Gasteiger charge is 2.46. The summed E-state index contributed by atoms with van der Waals surface area (Å²) in [6.45, 7) is 5.38. The highest BCUT2D eigenvalue weighted by molar-refractivity contribution is 9.10. The lowest BCUT2D eigenvalue weighted by molar-refractivity contribution is -0.383. The lowest BCUT2D eigenvalue weighted by Crippen LogP contribution is -2.60. The van der Waals surface area contributed by atoms with Gasteiger partial charge in [0, 0.05) is 42.8 Å². The van der Waals surface area contributed by atoms with Crippen LogP contribution in [0, 0.1) is 15.5 Å². The number of benzene rings is 2. The summed E-state index contributed by atoms with van der Waals surface area (Å²) < 4.78 is 40.6. The van der Waals surface area contributed by atoms with Gasteiger partial charge >= 0.3 is 6.18 Å². The van der Waals surface area contributed by atoms with Crippen molar-refractivity contribution in [3.8, 4) is 0 Å². The van der Waals surface area contributed by atoms with Crippen LogP contribution in [0.3, 0.4) is 0 Å². The van der Waals surface area contributed by atoms with Gasteiger partial charge in [-0.3, -0.25) is 19.8 Å². The normalized spacial score (nSPS) is 18.9. The summed E-state index contributed by atoms with van der Waals surface area (Å²) in [7, 11) is 0. The molecule has 2 saturated heterocycles. The van der Waals surface area contributed by atoms with Crippen molar-refractivity contribution in [2.45, 2.75) is 32.0 Å². The third-order valence-electron chi connectivity index (χ3n) is 7.29. The van der Waals surface area contributed by atoms with Crippen LogP contribution in [0.15, 0.2) is 45.7 Å². The summed E-state index contributed by atoms with van der Waals surface area (Å²) in [6, 6.07) is 9.75. The Hall–Kier alpha value is -2.57. The van der Waals surface area contributed by atoms with E-state index in [2.05, 4.69) is 44.9 Å². The van der Waals surface area contributed by atoms with Crippen molar-refractivity contribution in [2.24, 2.45) is 5.41 Å². The molecule has 1 spiro atoms.